The second-order valence-electron chi connectivity index (χ2n) is 4.11. The fraction of sp³-hybridized carbons (Fsp3) is 0.143. The Hall–Kier alpha value is -1.55. The molecule has 0 fully saturated rings. The highest BCUT2D eigenvalue weighted by Gasteiger charge is 2.18. The molecule has 0 aliphatic carbocycles. The topological polar surface area (TPSA) is 30.0 Å². The van der Waals surface area contributed by atoms with Crippen molar-refractivity contribution in [2.75, 3.05) is 0 Å². The quantitative estimate of drug-likeness (QED) is 0.789. The van der Waals surface area contributed by atoms with Crippen LogP contribution in [0.3, 0.4) is 0 Å². The Morgan fingerprint density at radius 2 is 2.06 bits per heavy atom. The number of hydrogen-bond donors (Lipinski definition) is 0. The average molecular weight is 308 g/mol. The number of hydrogen-bond acceptors (Lipinski definition) is 2. The van der Waals surface area contributed by atoms with Crippen molar-refractivity contribution in [2.45, 2.75) is 13.8 Å². The van der Waals surface area contributed by atoms with Gasteiger partial charge in [0.05, 0.1) is 10.0 Å². The van der Waals surface area contributed by atoms with Crippen molar-refractivity contribution in [3.63, 3.8) is 0 Å². The van der Waals surface area contributed by atoms with Crippen LogP contribution in [0.15, 0.2) is 34.9 Å². The van der Waals surface area contributed by atoms with Gasteiger partial charge in [-0.25, -0.2) is 4.39 Å². The fourth-order valence-electron chi connectivity index (χ4n) is 1.76. The highest BCUT2D eigenvalue weighted by atomic mass is 79.9. The first-order chi connectivity index (χ1) is 8.50. The van der Waals surface area contributed by atoms with Gasteiger partial charge in [0.1, 0.15) is 11.5 Å². The number of carbonyl (C=O) groups excluding carboxylic acids is 1. The van der Waals surface area contributed by atoms with Crippen molar-refractivity contribution in [1.29, 1.82) is 0 Å². The molecular weight excluding hydrogens is 297 g/mol. The first-order valence-corrected chi connectivity index (χ1v) is 6.22. The van der Waals surface area contributed by atoms with E-state index in [9.17, 15) is 9.18 Å². The molecule has 4 heteroatoms. The monoisotopic (exact) mass is 307 g/mol. The highest BCUT2D eigenvalue weighted by Crippen LogP contribution is 2.21. The van der Waals surface area contributed by atoms with Crippen LogP contribution in [0.2, 0.25) is 0 Å². The number of nitrogens with zero attached hydrogens (tertiary/aromatic N) is 1. The SMILES string of the molecule is Cc1cnc(C(=O)c2cccc(Br)c2F)c(C)c1. The number of pyridine rings is 1. The van der Waals surface area contributed by atoms with Crippen molar-refractivity contribution in [2.24, 2.45) is 0 Å². The van der Waals surface area contributed by atoms with Crippen molar-refractivity contribution in [3.05, 3.63) is 63.1 Å². The number of halogens is 2. The highest BCUT2D eigenvalue weighted by molar-refractivity contribution is 9.10. The van der Waals surface area contributed by atoms with Gasteiger partial charge in [-0.2, -0.15) is 0 Å². The minimum atomic E-state index is -0.552. The van der Waals surface area contributed by atoms with E-state index in [-0.39, 0.29) is 15.7 Å². The van der Waals surface area contributed by atoms with E-state index in [1.165, 1.54) is 6.07 Å². The maximum absolute atomic E-state index is 13.9. The van der Waals surface area contributed by atoms with Crippen molar-refractivity contribution >= 4 is 21.7 Å². The molecule has 2 rings (SSSR count). The summed E-state index contributed by atoms with van der Waals surface area (Å²) in [5.41, 5.74) is 2.04. The minimum absolute atomic E-state index is 0.0313. The third kappa shape index (κ3) is 2.34. The summed E-state index contributed by atoms with van der Waals surface area (Å²) in [6, 6.07) is 6.50. The predicted molar refractivity (Wildman–Crippen MR) is 71.2 cm³/mol. The summed E-state index contributed by atoms with van der Waals surface area (Å²) in [6.07, 6.45) is 1.61. The predicted octanol–water partition coefficient (Wildman–Crippen LogP) is 3.83. The van der Waals surface area contributed by atoms with Crippen LogP contribution in [0, 0.1) is 19.7 Å². The molecule has 0 aliphatic rings. The summed E-state index contributed by atoms with van der Waals surface area (Å²) in [5, 5.41) is 0. The standard InChI is InChI=1S/C14H11BrFNO/c1-8-6-9(2)13(17-7-8)14(18)10-4-3-5-11(15)12(10)16/h3-7H,1-2H3. The molecule has 0 radical (unpaired) electrons. The number of carbonyl (C=O) groups is 1. The number of aryl methyl sites for hydroxylation is 2. The van der Waals surface area contributed by atoms with E-state index in [4.69, 9.17) is 0 Å². The largest absolute Gasteiger partial charge is 0.287 e. The molecule has 2 aromatic rings. The second-order valence-corrected chi connectivity index (χ2v) is 4.96. The second kappa shape index (κ2) is 4.98. The number of benzene rings is 1. The van der Waals surface area contributed by atoms with Gasteiger partial charge in [0, 0.05) is 6.20 Å². The van der Waals surface area contributed by atoms with Crippen LogP contribution in [-0.4, -0.2) is 10.8 Å². The molecule has 1 aromatic heterocycles. The molecule has 0 atom stereocenters. The molecular formula is C14H11BrFNO. The Morgan fingerprint density at radius 1 is 1.33 bits per heavy atom. The Morgan fingerprint density at radius 3 is 2.72 bits per heavy atom. The van der Waals surface area contributed by atoms with Gasteiger partial charge in [0.25, 0.3) is 0 Å². The Labute approximate surface area is 113 Å². The number of aromatic nitrogens is 1. The number of rotatable bonds is 2. The van der Waals surface area contributed by atoms with Crippen molar-refractivity contribution in [3.8, 4) is 0 Å². The first kappa shape index (κ1) is 12.9. The van der Waals surface area contributed by atoms with Gasteiger partial charge in [0.2, 0.25) is 5.78 Å². The molecule has 0 bridgehead atoms. The van der Waals surface area contributed by atoms with E-state index in [0.29, 0.717) is 0 Å². The van der Waals surface area contributed by atoms with Crippen LogP contribution in [-0.2, 0) is 0 Å². The summed E-state index contributed by atoms with van der Waals surface area (Å²) in [5.74, 6) is -0.949. The Balaban J connectivity index is 2.51. The first-order valence-electron chi connectivity index (χ1n) is 5.42. The third-order valence-corrected chi connectivity index (χ3v) is 3.24. The molecule has 0 N–H and O–H groups in total. The van der Waals surface area contributed by atoms with Gasteiger partial charge >= 0.3 is 0 Å². The smallest absolute Gasteiger partial charge is 0.214 e. The zero-order valence-electron chi connectivity index (χ0n) is 10.00. The van der Waals surface area contributed by atoms with E-state index in [1.54, 1.807) is 25.3 Å². The van der Waals surface area contributed by atoms with E-state index in [0.717, 1.165) is 11.1 Å². The zero-order chi connectivity index (χ0) is 13.3. The minimum Gasteiger partial charge on any atom is -0.287 e. The molecule has 18 heavy (non-hydrogen) atoms. The molecule has 0 amide bonds. The normalized spacial score (nSPS) is 10.4. The molecule has 1 heterocycles. The van der Waals surface area contributed by atoms with E-state index in [2.05, 4.69) is 20.9 Å². The molecule has 0 aliphatic heterocycles. The molecule has 0 unspecified atom stereocenters. The fourth-order valence-corrected chi connectivity index (χ4v) is 2.13. The third-order valence-electron chi connectivity index (χ3n) is 2.63. The molecule has 92 valence electrons. The maximum atomic E-state index is 13.9. The van der Waals surface area contributed by atoms with Gasteiger partial charge in [0.15, 0.2) is 0 Å². The Kier molecular flexibility index (Phi) is 3.57. The van der Waals surface area contributed by atoms with Crippen LogP contribution >= 0.6 is 15.9 Å². The number of ketones is 1. The summed E-state index contributed by atoms with van der Waals surface area (Å²) in [4.78, 5) is 16.3. The lowest BCUT2D eigenvalue weighted by Crippen LogP contribution is -2.09. The van der Waals surface area contributed by atoms with Gasteiger partial charge in [-0.15, -0.1) is 0 Å². The molecule has 1 aromatic carbocycles. The van der Waals surface area contributed by atoms with E-state index < -0.39 is 11.6 Å². The van der Waals surface area contributed by atoms with Crippen LogP contribution in [0.25, 0.3) is 0 Å². The summed E-state index contributed by atoms with van der Waals surface area (Å²) < 4.78 is 14.1. The van der Waals surface area contributed by atoms with Gasteiger partial charge < -0.3 is 0 Å². The maximum Gasteiger partial charge on any atom is 0.214 e. The molecule has 0 spiro atoms. The van der Waals surface area contributed by atoms with Crippen molar-refractivity contribution < 1.29 is 9.18 Å². The van der Waals surface area contributed by atoms with Gasteiger partial charge in [-0.3, -0.25) is 9.78 Å². The van der Waals surface area contributed by atoms with Crippen LogP contribution in [0.5, 0.6) is 0 Å². The van der Waals surface area contributed by atoms with Crippen LogP contribution < -0.4 is 0 Å². The van der Waals surface area contributed by atoms with Crippen LogP contribution in [0.1, 0.15) is 27.2 Å². The molecule has 0 saturated heterocycles. The van der Waals surface area contributed by atoms with E-state index >= 15 is 0 Å². The lowest BCUT2D eigenvalue weighted by molar-refractivity contribution is 0.103. The summed E-state index contributed by atoms with van der Waals surface area (Å²) in [6.45, 7) is 3.69. The average Bonchev–Trinajstić information content (AvgIpc) is 2.32. The summed E-state index contributed by atoms with van der Waals surface area (Å²) in [7, 11) is 0. The van der Waals surface area contributed by atoms with Crippen molar-refractivity contribution in [1.82, 2.24) is 4.98 Å². The summed E-state index contributed by atoms with van der Waals surface area (Å²) >= 11 is 3.07. The molecule has 2 nitrogen and oxygen atoms in total. The van der Waals surface area contributed by atoms with Crippen LogP contribution in [0.4, 0.5) is 4.39 Å². The lowest BCUT2D eigenvalue weighted by atomic mass is 10.0. The molecule has 0 saturated carbocycles. The Bertz CT molecular complexity index is 625. The van der Waals surface area contributed by atoms with Gasteiger partial charge in [-0.05, 0) is 53.0 Å². The zero-order valence-corrected chi connectivity index (χ0v) is 11.6. The lowest BCUT2D eigenvalue weighted by Gasteiger charge is -2.06. The van der Waals surface area contributed by atoms with Gasteiger partial charge in [-0.1, -0.05) is 12.1 Å². The van der Waals surface area contributed by atoms with E-state index in [1.807, 2.05) is 13.0 Å².